The third-order valence-corrected chi connectivity index (χ3v) is 4.26. The van der Waals surface area contributed by atoms with E-state index in [2.05, 4.69) is 10.7 Å². The van der Waals surface area contributed by atoms with Crippen LogP contribution in [0.4, 0.5) is 0 Å². The first kappa shape index (κ1) is 15.7. The third-order valence-electron chi connectivity index (χ3n) is 3.96. The fraction of sp³-hybridized carbons (Fsp3) is 0.353. The molecule has 0 bridgehead atoms. The molecule has 1 aromatic rings. The first-order valence-electron chi connectivity index (χ1n) is 7.63. The van der Waals surface area contributed by atoms with Gasteiger partial charge in [0.1, 0.15) is 5.75 Å². The summed E-state index contributed by atoms with van der Waals surface area (Å²) in [4.78, 5) is 12.0. The molecular weight excluding hydrogens is 314 g/mol. The van der Waals surface area contributed by atoms with E-state index >= 15 is 0 Å². The summed E-state index contributed by atoms with van der Waals surface area (Å²) in [5.74, 6) is 1.22. The van der Waals surface area contributed by atoms with E-state index in [1.807, 2.05) is 35.5 Å². The van der Waals surface area contributed by atoms with Crippen LogP contribution in [0, 0.1) is 5.92 Å². The Labute approximate surface area is 140 Å². The molecule has 6 heteroatoms. The van der Waals surface area contributed by atoms with Crippen LogP contribution in [0.1, 0.15) is 18.4 Å². The fourth-order valence-corrected chi connectivity index (χ4v) is 2.76. The summed E-state index contributed by atoms with van der Waals surface area (Å²) in [6.07, 6.45) is 6.18. The molecular formula is C17H20ClN3O2. The summed E-state index contributed by atoms with van der Waals surface area (Å²) in [7, 11) is 3.22. The minimum absolute atomic E-state index is 0.107. The average molecular weight is 334 g/mol. The van der Waals surface area contributed by atoms with E-state index < -0.39 is 0 Å². The second-order valence-corrected chi connectivity index (χ2v) is 6.19. The molecule has 2 aliphatic rings. The van der Waals surface area contributed by atoms with E-state index in [1.54, 1.807) is 14.2 Å². The van der Waals surface area contributed by atoms with E-state index in [9.17, 15) is 4.79 Å². The highest BCUT2D eigenvalue weighted by Gasteiger charge is 2.26. The molecule has 1 aliphatic heterocycles. The van der Waals surface area contributed by atoms with E-state index in [1.165, 1.54) is 12.8 Å². The molecule has 3 rings (SSSR count). The SMILES string of the molecule is CNC(=O)C1=CN(CC2CC2)NC(c2ccc(OC)c(Cl)c2)=C1. The van der Waals surface area contributed by atoms with Crippen LogP contribution in [0.2, 0.25) is 5.02 Å². The highest BCUT2D eigenvalue weighted by molar-refractivity contribution is 6.32. The van der Waals surface area contributed by atoms with Gasteiger partial charge in [0.2, 0.25) is 0 Å². The van der Waals surface area contributed by atoms with Gasteiger partial charge in [-0.25, -0.2) is 0 Å². The number of hydrazine groups is 1. The quantitative estimate of drug-likeness (QED) is 0.869. The number of ether oxygens (including phenoxy) is 1. The second-order valence-electron chi connectivity index (χ2n) is 5.78. The molecule has 0 atom stereocenters. The Kier molecular flexibility index (Phi) is 4.48. The number of benzene rings is 1. The lowest BCUT2D eigenvalue weighted by molar-refractivity contribution is -0.116. The Morgan fingerprint density at radius 3 is 2.87 bits per heavy atom. The molecule has 1 heterocycles. The molecule has 0 radical (unpaired) electrons. The summed E-state index contributed by atoms with van der Waals surface area (Å²) in [5, 5.41) is 5.19. The van der Waals surface area contributed by atoms with Crippen LogP contribution >= 0.6 is 11.6 Å². The predicted octanol–water partition coefficient (Wildman–Crippen LogP) is 2.55. The van der Waals surface area contributed by atoms with Crippen molar-refractivity contribution in [1.82, 2.24) is 15.8 Å². The number of amides is 1. The van der Waals surface area contributed by atoms with Gasteiger partial charge in [0, 0.05) is 25.4 Å². The van der Waals surface area contributed by atoms with Crippen molar-refractivity contribution in [2.24, 2.45) is 5.92 Å². The summed E-state index contributed by atoms with van der Waals surface area (Å²) in [6, 6.07) is 5.58. The Balaban J connectivity index is 1.89. The van der Waals surface area contributed by atoms with Gasteiger partial charge < -0.3 is 10.1 Å². The minimum Gasteiger partial charge on any atom is -0.495 e. The van der Waals surface area contributed by atoms with Crippen LogP contribution in [0.25, 0.3) is 5.70 Å². The molecule has 0 spiro atoms. The molecule has 0 aromatic heterocycles. The molecule has 5 nitrogen and oxygen atoms in total. The number of carbonyl (C=O) groups excluding carboxylic acids is 1. The molecule has 0 saturated heterocycles. The molecule has 0 unspecified atom stereocenters. The second kappa shape index (κ2) is 6.54. The van der Waals surface area contributed by atoms with Crippen LogP contribution in [0.15, 0.2) is 36.0 Å². The van der Waals surface area contributed by atoms with Crippen molar-refractivity contribution in [3.63, 3.8) is 0 Å². The van der Waals surface area contributed by atoms with Gasteiger partial charge in [0.25, 0.3) is 5.91 Å². The topological polar surface area (TPSA) is 53.6 Å². The van der Waals surface area contributed by atoms with E-state index in [4.69, 9.17) is 16.3 Å². The van der Waals surface area contributed by atoms with Gasteiger partial charge in [-0.1, -0.05) is 11.6 Å². The van der Waals surface area contributed by atoms with Crippen LogP contribution in [0.3, 0.4) is 0 Å². The van der Waals surface area contributed by atoms with Gasteiger partial charge >= 0.3 is 0 Å². The van der Waals surface area contributed by atoms with Gasteiger partial charge in [0.15, 0.2) is 0 Å². The van der Waals surface area contributed by atoms with Gasteiger partial charge in [-0.2, -0.15) is 0 Å². The van der Waals surface area contributed by atoms with Gasteiger partial charge in [-0.15, -0.1) is 0 Å². The zero-order chi connectivity index (χ0) is 16.4. The molecule has 2 N–H and O–H groups in total. The van der Waals surface area contributed by atoms with Crippen molar-refractivity contribution in [3.05, 3.63) is 46.6 Å². The molecule has 1 saturated carbocycles. The van der Waals surface area contributed by atoms with Crippen molar-refractivity contribution in [2.75, 3.05) is 20.7 Å². The van der Waals surface area contributed by atoms with Crippen molar-refractivity contribution in [1.29, 1.82) is 0 Å². The summed E-state index contributed by atoms with van der Waals surface area (Å²) < 4.78 is 5.19. The molecule has 1 aromatic carbocycles. The minimum atomic E-state index is -0.107. The highest BCUT2D eigenvalue weighted by atomic mass is 35.5. The van der Waals surface area contributed by atoms with Crippen molar-refractivity contribution in [3.8, 4) is 5.75 Å². The molecule has 1 fully saturated rings. The van der Waals surface area contributed by atoms with Crippen molar-refractivity contribution in [2.45, 2.75) is 12.8 Å². The van der Waals surface area contributed by atoms with Crippen LogP contribution < -0.4 is 15.5 Å². The first-order chi connectivity index (χ1) is 11.1. The highest BCUT2D eigenvalue weighted by Crippen LogP contribution is 2.32. The number of nitrogens with zero attached hydrogens (tertiary/aromatic N) is 1. The summed E-state index contributed by atoms with van der Waals surface area (Å²) in [5.41, 5.74) is 5.72. The third kappa shape index (κ3) is 3.62. The lowest BCUT2D eigenvalue weighted by Crippen LogP contribution is -2.38. The number of halogens is 1. The number of hydrogen-bond acceptors (Lipinski definition) is 4. The number of likely N-dealkylation sites (N-methyl/N-ethyl adjacent to an activating group) is 1. The summed E-state index contributed by atoms with van der Waals surface area (Å²) >= 11 is 6.22. The Morgan fingerprint density at radius 2 is 2.26 bits per heavy atom. The Bertz CT molecular complexity index is 680. The van der Waals surface area contributed by atoms with Crippen molar-refractivity contribution < 1.29 is 9.53 Å². The van der Waals surface area contributed by atoms with Gasteiger partial charge in [-0.05, 0) is 43.0 Å². The van der Waals surface area contributed by atoms with Crippen molar-refractivity contribution >= 4 is 23.2 Å². The van der Waals surface area contributed by atoms with E-state index in [0.717, 1.165) is 17.8 Å². The number of hydrogen-bond donors (Lipinski definition) is 2. The number of rotatable bonds is 5. The summed E-state index contributed by atoms with van der Waals surface area (Å²) in [6.45, 7) is 0.891. The number of methoxy groups -OCH3 is 1. The van der Waals surface area contributed by atoms with Gasteiger partial charge in [-0.3, -0.25) is 15.2 Å². The average Bonchev–Trinajstić information content (AvgIpc) is 3.37. The lowest BCUT2D eigenvalue weighted by Gasteiger charge is -2.29. The fourth-order valence-electron chi connectivity index (χ4n) is 2.51. The van der Waals surface area contributed by atoms with Gasteiger partial charge in [0.05, 0.1) is 23.4 Å². The van der Waals surface area contributed by atoms with Crippen LogP contribution in [-0.2, 0) is 4.79 Å². The van der Waals surface area contributed by atoms with Crippen LogP contribution in [-0.4, -0.2) is 31.6 Å². The Morgan fingerprint density at radius 1 is 1.48 bits per heavy atom. The lowest BCUT2D eigenvalue weighted by atomic mass is 10.1. The maximum atomic E-state index is 12.0. The zero-order valence-electron chi connectivity index (χ0n) is 13.2. The Hall–Kier alpha value is -2.14. The van der Waals surface area contributed by atoms with Crippen LogP contribution in [0.5, 0.6) is 5.75 Å². The number of nitrogens with one attached hydrogen (secondary N) is 2. The predicted molar refractivity (Wildman–Crippen MR) is 90.7 cm³/mol. The maximum absolute atomic E-state index is 12.0. The van der Waals surface area contributed by atoms with E-state index in [0.29, 0.717) is 22.3 Å². The number of carbonyl (C=O) groups is 1. The first-order valence-corrected chi connectivity index (χ1v) is 8.01. The maximum Gasteiger partial charge on any atom is 0.252 e. The molecule has 1 amide bonds. The monoisotopic (exact) mass is 333 g/mol. The normalized spacial score (nSPS) is 17.1. The zero-order valence-corrected chi connectivity index (χ0v) is 14.0. The largest absolute Gasteiger partial charge is 0.495 e. The standard InChI is InChI=1S/C17H20ClN3O2/c1-19-17(22)13-8-15(20-21(10-13)9-11-3-4-11)12-5-6-16(23-2)14(18)7-12/h5-8,10-11,20H,3-4,9H2,1-2H3,(H,19,22). The smallest absolute Gasteiger partial charge is 0.252 e. The molecule has 1 aliphatic carbocycles. The molecule has 23 heavy (non-hydrogen) atoms. The molecule has 122 valence electrons. The van der Waals surface area contributed by atoms with E-state index in [-0.39, 0.29) is 5.91 Å².